The molecule has 0 aliphatic carbocycles. The number of rotatable bonds is 17. The van der Waals surface area contributed by atoms with Gasteiger partial charge in [0.2, 0.25) is 15.9 Å². The number of benzene rings is 2. The summed E-state index contributed by atoms with van der Waals surface area (Å²) < 4.78 is 28.9. The number of oxime groups is 1. The van der Waals surface area contributed by atoms with Crippen molar-refractivity contribution in [3.05, 3.63) is 81.8 Å². The molecular weight excluding hydrogens is 653 g/mol. The third-order valence-corrected chi connectivity index (χ3v) is 10.6. The minimum absolute atomic E-state index is 0.0190. The highest BCUT2D eigenvalue weighted by molar-refractivity contribution is 7.89. The summed E-state index contributed by atoms with van der Waals surface area (Å²) in [6, 6.07) is 12.9. The second-order valence-electron chi connectivity index (χ2n) is 12.4. The van der Waals surface area contributed by atoms with E-state index in [1.807, 2.05) is 70.3 Å². The van der Waals surface area contributed by atoms with Crippen molar-refractivity contribution in [2.24, 2.45) is 17.0 Å². The van der Waals surface area contributed by atoms with Gasteiger partial charge in [-0.2, -0.15) is 4.31 Å². The number of urea groups is 1. The minimum Gasteiger partial charge on any atom is -0.411 e. The third kappa shape index (κ3) is 11.1. The number of sulfonamides is 1. The van der Waals surface area contributed by atoms with Crippen LogP contribution in [0, 0.1) is 18.8 Å². The topological polar surface area (TPSA) is 165 Å². The van der Waals surface area contributed by atoms with E-state index >= 15 is 0 Å². The molecule has 1 aromatic heterocycles. The van der Waals surface area contributed by atoms with Crippen LogP contribution in [0.15, 0.2) is 70.0 Å². The Kier molecular flexibility index (Phi) is 14.5. The predicted molar refractivity (Wildman–Crippen MR) is 188 cm³/mol. The van der Waals surface area contributed by atoms with Crippen LogP contribution in [0.2, 0.25) is 0 Å². The summed E-state index contributed by atoms with van der Waals surface area (Å²) in [6.07, 6.45) is 0.718. The first-order valence-corrected chi connectivity index (χ1v) is 18.3. The molecule has 0 fully saturated rings. The molecule has 1 heterocycles. The maximum atomic E-state index is 13.9. The van der Waals surface area contributed by atoms with Crippen LogP contribution in [-0.2, 0) is 27.8 Å². The number of nitrogens with one attached hydrogen (secondary N) is 2. The van der Waals surface area contributed by atoms with Crippen LogP contribution in [0.25, 0.3) is 0 Å². The molecule has 3 amide bonds. The molecule has 0 saturated carbocycles. The number of carbonyl (C=O) groups excluding carboxylic acids is 2. The highest BCUT2D eigenvalue weighted by atomic mass is 32.2. The van der Waals surface area contributed by atoms with Crippen molar-refractivity contribution in [2.75, 3.05) is 20.1 Å². The number of hydrogen-bond acceptors (Lipinski definition) is 9. The number of aryl methyl sites for hydroxylation is 1. The van der Waals surface area contributed by atoms with Gasteiger partial charge in [0.25, 0.3) is 0 Å². The van der Waals surface area contributed by atoms with E-state index in [1.165, 1.54) is 51.0 Å². The average molecular weight is 701 g/mol. The molecule has 0 radical (unpaired) electrons. The Bertz CT molecular complexity index is 1600. The van der Waals surface area contributed by atoms with Crippen LogP contribution in [0.1, 0.15) is 55.9 Å². The summed E-state index contributed by atoms with van der Waals surface area (Å²) in [5.74, 6) is -0.782. The summed E-state index contributed by atoms with van der Waals surface area (Å²) in [4.78, 5) is 33.0. The van der Waals surface area contributed by atoms with Crippen LogP contribution in [0.5, 0.6) is 0 Å². The van der Waals surface area contributed by atoms with Gasteiger partial charge < -0.3 is 25.8 Å². The molecule has 0 aliphatic heterocycles. The monoisotopic (exact) mass is 700 g/mol. The molecule has 3 aromatic rings. The second kappa shape index (κ2) is 18.1. The minimum atomic E-state index is -4.05. The number of aromatic nitrogens is 1. The fourth-order valence-corrected chi connectivity index (χ4v) is 7.35. The molecule has 0 saturated heterocycles. The molecule has 14 heteroatoms. The SMILES string of the molecule is CCC(C)C(NC(=O)N(C)Cc1csc(C)n1)C(=O)N[C@@H](Cc1ccccc1)[C@H](O)CN(CC(C)C)S(=O)(=O)c1ccc(/C=N/O)cc1. The van der Waals surface area contributed by atoms with E-state index in [0.29, 0.717) is 12.0 Å². The number of hydrogen-bond donors (Lipinski definition) is 4. The lowest BCUT2D eigenvalue weighted by molar-refractivity contribution is -0.125. The Morgan fingerprint density at radius 3 is 2.27 bits per heavy atom. The lowest BCUT2D eigenvalue weighted by Gasteiger charge is -2.33. The average Bonchev–Trinajstić information content (AvgIpc) is 3.46. The van der Waals surface area contributed by atoms with Crippen LogP contribution >= 0.6 is 11.3 Å². The van der Waals surface area contributed by atoms with Crippen LogP contribution < -0.4 is 10.6 Å². The lowest BCUT2D eigenvalue weighted by atomic mass is 9.96. The van der Waals surface area contributed by atoms with Crippen molar-refractivity contribution in [3.8, 4) is 0 Å². The maximum absolute atomic E-state index is 13.9. The highest BCUT2D eigenvalue weighted by Crippen LogP contribution is 2.20. The van der Waals surface area contributed by atoms with Gasteiger partial charge in [-0.1, -0.05) is 81.7 Å². The van der Waals surface area contributed by atoms with E-state index in [0.717, 1.165) is 16.3 Å². The quantitative estimate of drug-likeness (QED) is 0.0929. The summed E-state index contributed by atoms with van der Waals surface area (Å²) in [6.45, 7) is 9.56. The number of carbonyl (C=O) groups is 2. The molecule has 0 bridgehead atoms. The Morgan fingerprint density at radius 2 is 1.71 bits per heavy atom. The zero-order valence-corrected chi connectivity index (χ0v) is 30.0. The Morgan fingerprint density at radius 1 is 1.04 bits per heavy atom. The molecule has 262 valence electrons. The van der Waals surface area contributed by atoms with Crippen molar-refractivity contribution in [1.82, 2.24) is 24.8 Å². The van der Waals surface area contributed by atoms with E-state index < -0.39 is 40.1 Å². The molecule has 4 atom stereocenters. The molecule has 0 aliphatic rings. The van der Waals surface area contributed by atoms with Gasteiger partial charge in [0.15, 0.2) is 0 Å². The first-order chi connectivity index (χ1) is 22.7. The Hall–Kier alpha value is -3.85. The van der Waals surface area contributed by atoms with Crippen molar-refractivity contribution in [3.63, 3.8) is 0 Å². The van der Waals surface area contributed by atoms with Gasteiger partial charge >= 0.3 is 6.03 Å². The molecule has 2 aromatic carbocycles. The van der Waals surface area contributed by atoms with Crippen LogP contribution in [0.4, 0.5) is 4.79 Å². The number of nitrogens with zero attached hydrogens (tertiary/aromatic N) is 4. The summed E-state index contributed by atoms with van der Waals surface area (Å²) in [5, 5.41) is 32.1. The number of amides is 3. The van der Waals surface area contributed by atoms with E-state index in [2.05, 4.69) is 20.8 Å². The Balaban J connectivity index is 1.86. The Labute approximate surface area is 287 Å². The molecular formula is C34H48N6O6S2. The van der Waals surface area contributed by atoms with E-state index in [-0.39, 0.29) is 42.8 Å². The van der Waals surface area contributed by atoms with Gasteiger partial charge in [0, 0.05) is 25.5 Å². The van der Waals surface area contributed by atoms with Crippen LogP contribution in [0.3, 0.4) is 0 Å². The molecule has 3 rings (SSSR count). The van der Waals surface area contributed by atoms with Gasteiger partial charge in [0.05, 0.1) is 40.5 Å². The van der Waals surface area contributed by atoms with E-state index in [1.54, 1.807) is 7.05 Å². The molecule has 12 nitrogen and oxygen atoms in total. The number of aliphatic hydroxyl groups is 1. The summed E-state index contributed by atoms with van der Waals surface area (Å²) in [7, 11) is -2.42. The predicted octanol–water partition coefficient (Wildman–Crippen LogP) is 4.25. The van der Waals surface area contributed by atoms with Gasteiger partial charge in [-0.3, -0.25) is 4.79 Å². The molecule has 4 N–H and O–H groups in total. The van der Waals surface area contributed by atoms with Crippen LogP contribution in [-0.4, -0.2) is 89.4 Å². The standard InChI is InChI=1S/C34H48N6O6S2/c1-7-24(4)32(38-34(43)39(6)20-28-22-47-25(5)36-28)33(42)37-30(17-26-11-9-8-10-12-26)31(41)21-40(19-23(2)3)48(45,46)29-15-13-27(14-16-29)18-35-44/h8-16,18,22-24,30-32,41,44H,7,17,19-21H2,1-6H3,(H,37,42)(H,38,43)/b35-18+/t24?,30-,31+,32?/m0/s1. The van der Waals surface area contributed by atoms with Gasteiger partial charge in [0.1, 0.15) is 6.04 Å². The number of thiazole rings is 1. The number of aliphatic hydroxyl groups excluding tert-OH is 1. The molecule has 2 unspecified atom stereocenters. The summed E-state index contributed by atoms with van der Waals surface area (Å²) >= 11 is 1.49. The second-order valence-corrected chi connectivity index (χ2v) is 15.4. The maximum Gasteiger partial charge on any atom is 0.318 e. The summed E-state index contributed by atoms with van der Waals surface area (Å²) in [5.41, 5.74) is 2.11. The first-order valence-electron chi connectivity index (χ1n) is 16.0. The molecule has 48 heavy (non-hydrogen) atoms. The fourth-order valence-electron chi connectivity index (χ4n) is 5.12. The highest BCUT2D eigenvalue weighted by Gasteiger charge is 2.34. The van der Waals surface area contributed by atoms with Crippen molar-refractivity contribution in [2.45, 2.75) is 77.1 Å². The zero-order valence-electron chi connectivity index (χ0n) is 28.4. The van der Waals surface area contributed by atoms with Crippen molar-refractivity contribution >= 4 is 39.5 Å². The smallest absolute Gasteiger partial charge is 0.318 e. The lowest BCUT2D eigenvalue weighted by Crippen LogP contribution is -2.58. The normalized spacial score (nSPS) is 14.5. The third-order valence-electron chi connectivity index (χ3n) is 7.96. The van der Waals surface area contributed by atoms with Crippen molar-refractivity contribution < 1.29 is 28.3 Å². The van der Waals surface area contributed by atoms with Gasteiger partial charge in [-0.05, 0) is 48.4 Å². The van der Waals surface area contributed by atoms with Gasteiger partial charge in [-0.15, -0.1) is 11.3 Å². The van der Waals surface area contributed by atoms with Gasteiger partial charge in [-0.25, -0.2) is 18.2 Å². The molecule has 0 spiro atoms. The first kappa shape index (κ1) is 38.6. The fraction of sp³-hybridized carbons (Fsp3) is 0.471. The van der Waals surface area contributed by atoms with Crippen molar-refractivity contribution in [1.29, 1.82) is 0 Å². The van der Waals surface area contributed by atoms with E-state index in [9.17, 15) is 23.1 Å². The zero-order chi connectivity index (χ0) is 35.4. The van der Waals surface area contributed by atoms with E-state index in [4.69, 9.17) is 5.21 Å². The largest absolute Gasteiger partial charge is 0.411 e.